The first-order chi connectivity index (χ1) is 7.95. The summed E-state index contributed by atoms with van der Waals surface area (Å²) in [7, 11) is 0. The fourth-order valence-electron chi connectivity index (χ4n) is 2.39. The summed E-state index contributed by atoms with van der Waals surface area (Å²) < 4.78 is 5.87. The summed E-state index contributed by atoms with van der Waals surface area (Å²) >= 11 is 0. The third-order valence-electron chi connectivity index (χ3n) is 3.11. The van der Waals surface area contributed by atoms with Crippen LogP contribution < -0.4 is 0 Å². The molecule has 0 saturated carbocycles. The lowest BCUT2D eigenvalue weighted by Crippen LogP contribution is -1.83. The summed E-state index contributed by atoms with van der Waals surface area (Å²) in [6, 6.07) is 8.40. The molecule has 3 rings (SSSR count). The van der Waals surface area contributed by atoms with Gasteiger partial charge in [-0.2, -0.15) is 0 Å². The monoisotopic (exact) mass is 216 g/mol. The lowest BCUT2D eigenvalue weighted by atomic mass is 10.1. The van der Waals surface area contributed by atoms with Crippen LogP contribution in [0.4, 0.5) is 0 Å². The average molecular weight is 216 g/mol. The Bertz CT molecular complexity index is 453. The lowest BCUT2D eigenvalue weighted by Gasteiger charge is -1.94. The summed E-state index contributed by atoms with van der Waals surface area (Å²) in [5.41, 5.74) is 2.54. The molecule has 0 N–H and O–H groups in total. The summed E-state index contributed by atoms with van der Waals surface area (Å²) in [5.74, 6) is 1.24. The Kier molecular flexibility index (Phi) is 3.66. The maximum Gasteiger partial charge on any atom is 0.134 e. The van der Waals surface area contributed by atoms with E-state index in [-0.39, 0.29) is 0 Å². The zero-order valence-corrected chi connectivity index (χ0v) is 10.3. The normalized spacial score (nSPS) is 14.9. The van der Waals surface area contributed by atoms with Gasteiger partial charge in [-0.25, -0.2) is 0 Å². The number of rotatable bonds is 0. The molecule has 0 atom stereocenters. The molecule has 0 amide bonds. The zero-order chi connectivity index (χ0) is 11.4. The molecule has 1 nitrogen and oxygen atoms in total. The van der Waals surface area contributed by atoms with Crippen molar-refractivity contribution in [2.45, 2.75) is 46.0 Å². The third-order valence-corrected chi connectivity index (χ3v) is 3.11. The lowest BCUT2D eigenvalue weighted by molar-refractivity contribution is 0.538. The van der Waals surface area contributed by atoms with Gasteiger partial charge < -0.3 is 4.42 Å². The number of furan rings is 1. The second-order valence-electron chi connectivity index (χ2n) is 4.06. The van der Waals surface area contributed by atoms with Crippen LogP contribution in [0.3, 0.4) is 0 Å². The van der Waals surface area contributed by atoms with Crippen LogP contribution in [0.15, 0.2) is 28.7 Å². The number of hydrogen-bond donors (Lipinski definition) is 0. The van der Waals surface area contributed by atoms with Crippen molar-refractivity contribution in [2.75, 3.05) is 0 Å². The van der Waals surface area contributed by atoms with Gasteiger partial charge in [0.2, 0.25) is 0 Å². The van der Waals surface area contributed by atoms with Gasteiger partial charge in [0, 0.05) is 17.4 Å². The molecule has 1 aliphatic rings. The third kappa shape index (κ3) is 1.99. The Morgan fingerprint density at radius 2 is 1.69 bits per heavy atom. The summed E-state index contributed by atoms with van der Waals surface area (Å²) in [6.07, 6.45) is 6.28. The number of fused-ring (bicyclic) bond motifs is 3. The van der Waals surface area contributed by atoms with Crippen LogP contribution in [0.25, 0.3) is 11.0 Å². The van der Waals surface area contributed by atoms with Crippen molar-refractivity contribution in [3.05, 3.63) is 35.6 Å². The van der Waals surface area contributed by atoms with E-state index in [0.29, 0.717) is 0 Å². The molecule has 86 valence electrons. The number of hydrogen-bond acceptors (Lipinski definition) is 1. The van der Waals surface area contributed by atoms with Crippen molar-refractivity contribution in [3.8, 4) is 0 Å². The van der Waals surface area contributed by atoms with Crippen molar-refractivity contribution in [3.63, 3.8) is 0 Å². The van der Waals surface area contributed by atoms with Gasteiger partial charge in [-0.05, 0) is 25.3 Å². The van der Waals surface area contributed by atoms with E-state index in [1.807, 2.05) is 19.9 Å². The molecule has 0 bridgehead atoms. The first-order valence-corrected chi connectivity index (χ1v) is 6.44. The van der Waals surface area contributed by atoms with Crippen LogP contribution in [0.5, 0.6) is 0 Å². The van der Waals surface area contributed by atoms with Crippen LogP contribution in [-0.2, 0) is 12.8 Å². The zero-order valence-electron chi connectivity index (χ0n) is 10.3. The van der Waals surface area contributed by atoms with E-state index in [1.54, 1.807) is 0 Å². The Hall–Kier alpha value is -1.24. The molecule has 0 radical (unpaired) electrons. The predicted molar refractivity (Wildman–Crippen MR) is 68.8 cm³/mol. The Morgan fingerprint density at radius 3 is 2.56 bits per heavy atom. The largest absolute Gasteiger partial charge is 0.461 e. The van der Waals surface area contributed by atoms with Gasteiger partial charge in [0.05, 0.1) is 0 Å². The van der Waals surface area contributed by atoms with Crippen molar-refractivity contribution in [1.82, 2.24) is 0 Å². The van der Waals surface area contributed by atoms with Gasteiger partial charge in [-0.1, -0.05) is 38.5 Å². The molecule has 1 aromatic carbocycles. The minimum absolute atomic E-state index is 1.07. The quantitative estimate of drug-likeness (QED) is 0.580. The van der Waals surface area contributed by atoms with Crippen LogP contribution in [0, 0.1) is 0 Å². The molecule has 1 aromatic heterocycles. The maximum absolute atomic E-state index is 5.87. The molecule has 0 unspecified atom stereocenters. The van der Waals surface area contributed by atoms with Crippen molar-refractivity contribution in [1.29, 1.82) is 0 Å². The second kappa shape index (κ2) is 5.20. The average Bonchev–Trinajstić information content (AvgIpc) is 2.54. The Labute approximate surface area is 97.5 Å². The SMILES string of the molecule is CC.c1ccc2c3c(oc2c1)CCCCC3. The molecule has 0 fully saturated rings. The predicted octanol–water partition coefficient (Wildman–Crippen LogP) is 4.73. The van der Waals surface area contributed by atoms with Crippen molar-refractivity contribution >= 4 is 11.0 Å². The van der Waals surface area contributed by atoms with Crippen LogP contribution in [0.1, 0.15) is 44.4 Å². The van der Waals surface area contributed by atoms with Crippen LogP contribution in [-0.4, -0.2) is 0 Å². The topological polar surface area (TPSA) is 13.1 Å². The van der Waals surface area contributed by atoms with E-state index in [4.69, 9.17) is 4.42 Å². The van der Waals surface area contributed by atoms with E-state index < -0.39 is 0 Å². The van der Waals surface area contributed by atoms with E-state index in [0.717, 1.165) is 12.0 Å². The smallest absolute Gasteiger partial charge is 0.134 e. The number of para-hydroxylation sites is 1. The Morgan fingerprint density at radius 1 is 0.938 bits per heavy atom. The number of benzene rings is 1. The highest BCUT2D eigenvalue weighted by Crippen LogP contribution is 2.30. The molecular formula is C15H20O. The number of aryl methyl sites for hydroxylation is 2. The Balaban J connectivity index is 0.000000457. The van der Waals surface area contributed by atoms with E-state index >= 15 is 0 Å². The molecule has 0 aliphatic heterocycles. The van der Waals surface area contributed by atoms with Gasteiger partial charge >= 0.3 is 0 Å². The highest BCUT2D eigenvalue weighted by Gasteiger charge is 2.15. The fourth-order valence-corrected chi connectivity index (χ4v) is 2.39. The molecule has 1 heterocycles. The van der Waals surface area contributed by atoms with Gasteiger partial charge in [-0.15, -0.1) is 0 Å². The standard InChI is InChI=1S/C13H14O.C2H6/c1-2-6-10-11-7-4-5-9-13(11)14-12(10)8-3-1;1-2/h4-5,7,9H,1-3,6,8H2;1-2H3. The van der Waals surface area contributed by atoms with E-state index in [1.165, 1.54) is 42.4 Å². The fraction of sp³-hybridized carbons (Fsp3) is 0.467. The van der Waals surface area contributed by atoms with Gasteiger partial charge in [-0.3, -0.25) is 0 Å². The highest BCUT2D eigenvalue weighted by atomic mass is 16.3. The van der Waals surface area contributed by atoms with Crippen LogP contribution in [0.2, 0.25) is 0 Å². The van der Waals surface area contributed by atoms with Gasteiger partial charge in [0.25, 0.3) is 0 Å². The second-order valence-corrected chi connectivity index (χ2v) is 4.06. The maximum atomic E-state index is 5.87. The highest BCUT2D eigenvalue weighted by molar-refractivity contribution is 5.82. The van der Waals surface area contributed by atoms with Crippen LogP contribution >= 0.6 is 0 Å². The summed E-state index contributed by atoms with van der Waals surface area (Å²) in [6.45, 7) is 4.00. The molecular weight excluding hydrogens is 196 g/mol. The first kappa shape index (κ1) is 11.3. The molecule has 0 saturated heterocycles. The minimum Gasteiger partial charge on any atom is -0.461 e. The first-order valence-electron chi connectivity index (χ1n) is 6.44. The van der Waals surface area contributed by atoms with Gasteiger partial charge in [0.1, 0.15) is 11.3 Å². The summed E-state index contributed by atoms with van der Waals surface area (Å²) in [4.78, 5) is 0. The molecule has 1 aliphatic carbocycles. The molecule has 2 aromatic rings. The molecule has 16 heavy (non-hydrogen) atoms. The molecule has 0 spiro atoms. The van der Waals surface area contributed by atoms with Gasteiger partial charge in [0.15, 0.2) is 0 Å². The van der Waals surface area contributed by atoms with Crippen molar-refractivity contribution < 1.29 is 4.42 Å². The minimum atomic E-state index is 1.07. The summed E-state index contributed by atoms with van der Waals surface area (Å²) in [5, 5.41) is 1.34. The van der Waals surface area contributed by atoms with E-state index in [9.17, 15) is 0 Å². The van der Waals surface area contributed by atoms with E-state index in [2.05, 4.69) is 18.2 Å². The molecule has 1 heteroatoms. The van der Waals surface area contributed by atoms with Crippen molar-refractivity contribution in [2.24, 2.45) is 0 Å².